The lowest BCUT2D eigenvalue weighted by Crippen LogP contribution is -2.33. The van der Waals surface area contributed by atoms with Crippen molar-refractivity contribution in [3.63, 3.8) is 0 Å². The van der Waals surface area contributed by atoms with Gasteiger partial charge in [0.1, 0.15) is 0 Å². The number of nitrogens with zero attached hydrogens (tertiary/aromatic N) is 1. The second-order valence-corrected chi connectivity index (χ2v) is 8.94. The SMILES string of the molecule is CCN(CC)S(=O)(=O)c1ccc(C(C)NC(=O)C[C@@H]2CCC[C@H]2N)cc1. The molecule has 1 aliphatic carbocycles. The highest BCUT2D eigenvalue weighted by Gasteiger charge is 2.26. The van der Waals surface area contributed by atoms with Gasteiger partial charge in [0, 0.05) is 25.6 Å². The molecule has 1 fully saturated rings. The van der Waals surface area contributed by atoms with Gasteiger partial charge in [-0.3, -0.25) is 4.79 Å². The molecule has 3 atom stereocenters. The monoisotopic (exact) mass is 381 g/mol. The number of rotatable bonds is 8. The molecule has 1 aromatic carbocycles. The second-order valence-electron chi connectivity index (χ2n) is 7.01. The van der Waals surface area contributed by atoms with E-state index in [4.69, 9.17) is 5.73 Å². The van der Waals surface area contributed by atoms with Crippen molar-refractivity contribution in [1.29, 1.82) is 0 Å². The van der Waals surface area contributed by atoms with Crippen LogP contribution in [0.5, 0.6) is 0 Å². The van der Waals surface area contributed by atoms with Crippen molar-refractivity contribution in [1.82, 2.24) is 9.62 Å². The number of carbonyl (C=O) groups is 1. The molecule has 0 aromatic heterocycles. The summed E-state index contributed by atoms with van der Waals surface area (Å²) in [6.45, 7) is 6.43. The minimum absolute atomic E-state index is 0.000288. The fourth-order valence-electron chi connectivity index (χ4n) is 3.58. The van der Waals surface area contributed by atoms with E-state index in [1.54, 1.807) is 24.3 Å². The van der Waals surface area contributed by atoms with Crippen molar-refractivity contribution >= 4 is 15.9 Å². The molecule has 2 rings (SSSR count). The largest absolute Gasteiger partial charge is 0.350 e. The predicted molar refractivity (Wildman–Crippen MR) is 103 cm³/mol. The number of sulfonamides is 1. The summed E-state index contributed by atoms with van der Waals surface area (Å²) >= 11 is 0. The highest BCUT2D eigenvalue weighted by Crippen LogP contribution is 2.27. The molecule has 6 nitrogen and oxygen atoms in total. The first kappa shape index (κ1) is 20.9. The first-order valence-corrected chi connectivity index (χ1v) is 10.9. The first-order valence-electron chi connectivity index (χ1n) is 9.44. The molecule has 0 aliphatic heterocycles. The summed E-state index contributed by atoms with van der Waals surface area (Å²) in [5.41, 5.74) is 6.91. The maximum absolute atomic E-state index is 12.5. The number of hydrogen-bond donors (Lipinski definition) is 2. The summed E-state index contributed by atoms with van der Waals surface area (Å²) in [6.07, 6.45) is 3.56. The Labute approximate surface area is 157 Å². The molecular weight excluding hydrogens is 350 g/mol. The number of hydrogen-bond acceptors (Lipinski definition) is 4. The van der Waals surface area contributed by atoms with E-state index in [9.17, 15) is 13.2 Å². The van der Waals surface area contributed by atoms with Crippen LogP contribution in [0.25, 0.3) is 0 Å². The van der Waals surface area contributed by atoms with E-state index < -0.39 is 10.0 Å². The Bertz CT molecular complexity index is 699. The van der Waals surface area contributed by atoms with Gasteiger partial charge in [-0.2, -0.15) is 4.31 Å². The Morgan fingerprint density at radius 3 is 2.35 bits per heavy atom. The summed E-state index contributed by atoms with van der Waals surface area (Å²) in [4.78, 5) is 12.5. The molecule has 0 radical (unpaired) electrons. The van der Waals surface area contributed by atoms with E-state index in [2.05, 4.69) is 5.32 Å². The maximum Gasteiger partial charge on any atom is 0.243 e. The van der Waals surface area contributed by atoms with Crippen LogP contribution < -0.4 is 11.1 Å². The minimum Gasteiger partial charge on any atom is -0.350 e. The molecule has 3 N–H and O–H groups in total. The van der Waals surface area contributed by atoms with Gasteiger partial charge in [0.25, 0.3) is 0 Å². The Balaban J connectivity index is 2.00. The molecule has 7 heteroatoms. The number of benzene rings is 1. The van der Waals surface area contributed by atoms with Crippen molar-refractivity contribution in [2.75, 3.05) is 13.1 Å². The third kappa shape index (κ3) is 4.84. The zero-order valence-electron chi connectivity index (χ0n) is 15.9. The van der Waals surface area contributed by atoms with Crippen molar-refractivity contribution in [2.24, 2.45) is 11.7 Å². The van der Waals surface area contributed by atoms with Crippen LogP contribution in [0.3, 0.4) is 0 Å². The molecule has 1 amide bonds. The van der Waals surface area contributed by atoms with Crippen molar-refractivity contribution in [3.05, 3.63) is 29.8 Å². The Morgan fingerprint density at radius 2 is 1.85 bits per heavy atom. The van der Waals surface area contributed by atoms with Gasteiger partial charge in [0.15, 0.2) is 0 Å². The van der Waals surface area contributed by atoms with E-state index in [1.807, 2.05) is 20.8 Å². The molecule has 26 heavy (non-hydrogen) atoms. The third-order valence-corrected chi connectivity index (χ3v) is 7.33. The van der Waals surface area contributed by atoms with Gasteiger partial charge >= 0.3 is 0 Å². The molecule has 1 unspecified atom stereocenters. The number of carbonyl (C=O) groups excluding carboxylic acids is 1. The average molecular weight is 382 g/mol. The summed E-state index contributed by atoms with van der Waals surface area (Å²) in [6, 6.07) is 6.70. The van der Waals surface area contributed by atoms with Crippen LogP contribution in [0.15, 0.2) is 29.2 Å². The highest BCUT2D eigenvalue weighted by molar-refractivity contribution is 7.89. The zero-order valence-corrected chi connectivity index (χ0v) is 16.8. The topological polar surface area (TPSA) is 92.5 Å². The smallest absolute Gasteiger partial charge is 0.243 e. The van der Waals surface area contributed by atoms with Crippen molar-refractivity contribution in [3.8, 4) is 0 Å². The van der Waals surface area contributed by atoms with Crippen LogP contribution in [-0.2, 0) is 14.8 Å². The maximum atomic E-state index is 12.5. The van der Waals surface area contributed by atoms with Crippen molar-refractivity contribution < 1.29 is 13.2 Å². The van der Waals surface area contributed by atoms with Crippen LogP contribution in [0.2, 0.25) is 0 Å². The van der Waals surface area contributed by atoms with Crippen LogP contribution in [-0.4, -0.2) is 37.8 Å². The number of amides is 1. The molecule has 146 valence electrons. The predicted octanol–water partition coefficient (Wildman–Crippen LogP) is 2.41. The molecule has 0 bridgehead atoms. The van der Waals surface area contributed by atoms with E-state index in [1.165, 1.54) is 4.31 Å². The van der Waals surface area contributed by atoms with Gasteiger partial charge in [-0.1, -0.05) is 32.4 Å². The summed E-state index contributed by atoms with van der Waals surface area (Å²) in [7, 11) is -3.46. The average Bonchev–Trinajstić information content (AvgIpc) is 3.00. The lowest BCUT2D eigenvalue weighted by molar-refractivity contribution is -0.122. The van der Waals surface area contributed by atoms with Gasteiger partial charge < -0.3 is 11.1 Å². The standard InChI is InChI=1S/C19H31N3O3S/c1-4-22(5-2)26(24,25)17-11-9-15(10-12-17)14(3)21-19(23)13-16-7-6-8-18(16)20/h9-12,14,16,18H,4-8,13,20H2,1-3H3,(H,21,23)/t14?,16-,18+/m0/s1. The Hall–Kier alpha value is -1.44. The molecule has 0 heterocycles. The minimum atomic E-state index is -3.46. The fourth-order valence-corrected chi connectivity index (χ4v) is 5.04. The summed E-state index contributed by atoms with van der Waals surface area (Å²) in [5.74, 6) is 0.267. The van der Waals surface area contributed by atoms with Crippen LogP contribution in [0, 0.1) is 5.92 Å². The third-order valence-electron chi connectivity index (χ3n) is 5.27. The second kappa shape index (κ2) is 8.97. The fraction of sp³-hybridized carbons (Fsp3) is 0.632. The Kier molecular flexibility index (Phi) is 7.20. The van der Waals surface area contributed by atoms with Crippen LogP contribution >= 0.6 is 0 Å². The van der Waals surface area contributed by atoms with E-state index in [0.29, 0.717) is 19.5 Å². The summed E-state index contributed by atoms with van der Waals surface area (Å²) < 4.78 is 26.5. The van der Waals surface area contributed by atoms with Gasteiger partial charge in [-0.25, -0.2) is 8.42 Å². The number of nitrogens with one attached hydrogen (secondary N) is 1. The van der Waals surface area contributed by atoms with Crippen LogP contribution in [0.4, 0.5) is 0 Å². The molecule has 1 aromatic rings. The molecule has 1 saturated carbocycles. The molecular formula is C19H31N3O3S. The lowest BCUT2D eigenvalue weighted by Gasteiger charge is -2.20. The van der Waals surface area contributed by atoms with Crippen LogP contribution in [0.1, 0.15) is 58.1 Å². The molecule has 0 saturated heterocycles. The van der Waals surface area contributed by atoms with Gasteiger partial charge in [-0.05, 0) is 43.4 Å². The summed E-state index contributed by atoms with van der Waals surface area (Å²) in [5, 5.41) is 2.99. The quantitative estimate of drug-likeness (QED) is 0.723. The first-order chi connectivity index (χ1) is 12.3. The van der Waals surface area contributed by atoms with Gasteiger partial charge in [0.05, 0.1) is 10.9 Å². The molecule has 0 spiro atoms. The zero-order chi connectivity index (χ0) is 19.3. The molecule has 1 aliphatic rings. The van der Waals surface area contributed by atoms with E-state index in [-0.39, 0.29) is 28.8 Å². The lowest BCUT2D eigenvalue weighted by atomic mass is 9.99. The van der Waals surface area contributed by atoms with Crippen molar-refractivity contribution in [2.45, 2.75) is 63.4 Å². The van der Waals surface area contributed by atoms with E-state index >= 15 is 0 Å². The highest BCUT2D eigenvalue weighted by atomic mass is 32.2. The Morgan fingerprint density at radius 1 is 1.23 bits per heavy atom. The van der Waals surface area contributed by atoms with E-state index in [0.717, 1.165) is 24.8 Å². The van der Waals surface area contributed by atoms with Gasteiger partial charge in [-0.15, -0.1) is 0 Å². The number of nitrogens with two attached hydrogens (primary N) is 1. The normalized spacial score (nSPS) is 21.7. The van der Waals surface area contributed by atoms with Gasteiger partial charge in [0.2, 0.25) is 15.9 Å².